The summed E-state index contributed by atoms with van der Waals surface area (Å²) in [6, 6.07) is 0. The minimum absolute atomic E-state index is 0.137. The normalized spacial score (nSPS) is 20.4. The first-order valence-corrected chi connectivity index (χ1v) is 10.3. The predicted molar refractivity (Wildman–Crippen MR) is 82.7 cm³/mol. The van der Waals surface area contributed by atoms with Crippen molar-refractivity contribution in [3.8, 4) is 0 Å². The molecule has 0 heterocycles. The molecule has 0 fully saturated rings. The zero-order chi connectivity index (χ0) is 15.1. The van der Waals surface area contributed by atoms with E-state index in [0.29, 0.717) is 0 Å². The molecule has 0 unspecified atom stereocenters. The molecule has 1 N–H and O–H groups in total. The Balaban J connectivity index is 2.40. The van der Waals surface area contributed by atoms with Gasteiger partial charge in [0.25, 0.3) is 0 Å². The van der Waals surface area contributed by atoms with Crippen molar-refractivity contribution in [3.63, 3.8) is 0 Å². The molecule has 0 saturated carbocycles. The number of hydrogen-bond donors (Lipinski definition) is 1. The van der Waals surface area contributed by atoms with Crippen LogP contribution in [0.2, 0.25) is 0 Å². The third kappa shape index (κ3) is 3.33. The fraction of sp³-hybridized carbons (Fsp3) is 0.556. The summed E-state index contributed by atoms with van der Waals surface area (Å²) in [5.41, 5.74) is 3.03. The van der Waals surface area contributed by atoms with Gasteiger partial charge in [-0.05, 0) is 0 Å². The van der Waals surface area contributed by atoms with Gasteiger partial charge in [0, 0.05) is 0 Å². The molecule has 0 amide bonds. The van der Waals surface area contributed by atoms with E-state index in [1.54, 1.807) is 0 Å². The van der Waals surface area contributed by atoms with Gasteiger partial charge in [0.1, 0.15) is 0 Å². The second-order valence-electron chi connectivity index (χ2n) is 7.53. The molecule has 2 heteroatoms. The Morgan fingerprint density at radius 2 is 1.15 bits per heavy atom. The van der Waals surface area contributed by atoms with E-state index < -0.39 is 33.2 Å². The van der Waals surface area contributed by atoms with Crippen LogP contribution in [-0.2, 0) is 0 Å². The summed E-state index contributed by atoms with van der Waals surface area (Å²) in [5, 5.41) is 0. The Morgan fingerprint density at radius 3 is 1.45 bits per heavy atom. The van der Waals surface area contributed by atoms with E-state index >= 15 is 0 Å². The van der Waals surface area contributed by atoms with Crippen LogP contribution in [-0.4, -0.2) is 1.71 Å². The molecule has 0 aromatic carbocycles. The van der Waals surface area contributed by atoms with E-state index in [0.717, 1.165) is 12.8 Å². The van der Waals surface area contributed by atoms with Crippen molar-refractivity contribution in [2.45, 2.75) is 54.4 Å². The topological polar surface area (TPSA) is 20.2 Å². The van der Waals surface area contributed by atoms with Crippen molar-refractivity contribution in [3.05, 3.63) is 38.5 Å². The third-order valence-corrected chi connectivity index (χ3v) is 8.17. The summed E-state index contributed by atoms with van der Waals surface area (Å²) in [7, 11) is 0. The summed E-state index contributed by atoms with van der Waals surface area (Å²) < 4.78 is 13.8. The van der Waals surface area contributed by atoms with Crippen LogP contribution in [0, 0.1) is 44.1 Å². The molecule has 2 aliphatic rings. The molecular formula is C18H27OTb. The molecule has 0 spiro atoms. The van der Waals surface area contributed by atoms with Gasteiger partial charge in [0.05, 0.1) is 0 Å². The van der Waals surface area contributed by atoms with Gasteiger partial charge in [-0.25, -0.2) is 0 Å². The van der Waals surface area contributed by atoms with Gasteiger partial charge in [-0.15, -0.1) is 0 Å². The summed E-state index contributed by atoms with van der Waals surface area (Å²) in [6.07, 6.45) is 10.8. The van der Waals surface area contributed by atoms with Gasteiger partial charge in [0.2, 0.25) is 0 Å². The van der Waals surface area contributed by atoms with E-state index in [9.17, 15) is 1.71 Å². The average molecular weight is 418 g/mol. The van der Waals surface area contributed by atoms with Crippen LogP contribution < -0.4 is 0 Å². The van der Waals surface area contributed by atoms with Gasteiger partial charge < -0.3 is 0 Å². The Labute approximate surface area is 137 Å². The Morgan fingerprint density at radius 1 is 0.800 bits per heavy atom. The number of allylic oxidation sites excluding steroid dienone is 8. The van der Waals surface area contributed by atoms with Crippen LogP contribution in [0.3, 0.4) is 0 Å². The quantitative estimate of drug-likeness (QED) is 0.667. The first-order chi connectivity index (χ1) is 9.12. The Hall–Kier alpha value is 0.206. The van der Waals surface area contributed by atoms with Gasteiger partial charge in [-0.3, -0.25) is 0 Å². The van der Waals surface area contributed by atoms with Gasteiger partial charge in [-0.2, -0.15) is 0 Å². The van der Waals surface area contributed by atoms with Crippen LogP contribution >= 0.6 is 0 Å². The Bertz CT molecular complexity index is 471. The molecule has 0 saturated heterocycles. The fourth-order valence-corrected chi connectivity index (χ4v) is 7.81. The van der Waals surface area contributed by atoms with Crippen molar-refractivity contribution in [1.29, 1.82) is 0 Å². The fourth-order valence-electron chi connectivity index (χ4n) is 2.64. The van der Waals surface area contributed by atoms with Crippen molar-refractivity contribution in [2.24, 2.45) is 10.8 Å². The van der Waals surface area contributed by atoms with Crippen LogP contribution in [0.15, 0.2) is 38.5 Å². The minimum atomic E-state index is -2.30. The monoisotopic (exact) mass is 418 g/mol. The second kappa shape index (κ2) is 5.77. The van der Waals surface area contributed by atoms with Crippen molar-refractivity contribution in [1.82, 2.24) is 0 Å². The molecule has 20 heavy (non-hydrogen) atoms. The van der Waals surface area contributed by atoms with Gasteiger partial charge in [0.15, 0.2) is 0 Å². The molecule has 1 nitrogen and oxygen atoms in total. The molecule has 114 valence electrons. The van der Waals surface area contributed by atoms with Crippen molar-refractivity contribution < 1.29 is 34.9 Å². The first kappa shape index (κ1) is 16.6. The first-order valence-electron chi connectivity index (χ1n) is 7.25. The van der Waals surface area contributed by atoms with E-state index in [2.05, 4.69) is 65.8 Å². The van der Waals surface area contributed by atoms with E-state index in [1.165, 1.54) is 14.2 Å². The summed E-state index contributed by atoms with van der Waals surface area (Å²) in [5.74, 6) is 0. The summed E-state index contributed by atoms with van der Waals surface area (Å²) >= 11 is -2.30. The maximum atomic E-state index is 11.1. The predicted octanol–water partition coefficient (Wildman–Crippen LogP) is 5.03. The maximum absolute atomic E-state index is 11.1. The molecule has 0 bridgehead atoms. The molecule has 0 aromatic heterocycles. The van der Waals surface area contributed by atoms with Crippen molar-refractivity contribution >= 4 is 0 Å². The van der Waals surface area contributed by atoms with Crippen LogP contribution in [0.1, 0.15) is 54.4 Å². The molecule has 2 rings (SSSR count). The zero-order valence-corrected chi connectivity index (χ0v) is 15.6. The Kier molecular flexibility index (Phi) is 4.78. The number of hydrogen-bond acceptors (Lipinski definition) is 1. The van der Waals surface area contributed by atoms with E-state index in [1.807, 2.05) is 0 Å². The van der Waals surface area contributed by atoms with Gasteiger partial charge in [-0.1, -0.05) is 0 Å². The molecule has 0 aliphatic heterocycles. The van der Waals surface area contributed by atoms with Crippen LogP contribution in [0.4, 0.5) is 0 Å². The van der Waals surface area contributed by atoms with Gasteiger partial charge >= 0.3 is 139 Å². The van der Waals surface area contributed by atoms with E-state index in [4.69, 9.17) is 0 Å². The zero-order valence-electron chi connectivity index (χ0n) is 13.5. The second-order valence-corrected chi connectivity index (χ2v) is 11.6. The van der Waals surface area contributed by atoms with E-state index in [-0.39, 0.29) is 10.8 Å². The average Bonchev–Trinajstić information content (AvgIpc) is 2.95. The molecule has 0 aromatic rings. The van der Waals surface area contributed by atoms with Crippen molar-refractivity contribution in [2.75, 3.05) is 0 Å². The molecule has 0 atom stereocenters. The standard InChI is InChI=1S/2C9H13.H2O.Tb/c2*1-9(2,3)8-6-4-5-7-8;;/h2*4,6H,5H2,1-3H3;1H2;/q;;;+1/p-1. The summed E-state index contributed by atoms with van der Waals surface area (Å²) in [6.45, 7) is 13.5. The SMILES string of the molecule is CC(C)(C)C1=[C]([Tb]([OH])[C]2=C(C(C)(C)C)C=CC2)CC=C1. The molecule has 2 aliphatic carbocycles. The number of rotatable bonds is 2. The summed E-state index contributed by atoms with van der Waals surface area (Å²) in [4.78, 5) is 0. The molecule has 0 radical (unpaired) electrons. The third-order valence-electron chi connectivity index (χ3n) is 3.70. The van der Waals surface area contributed by atoms with Crippen LogP contribution in [0.5, 0.6) is 0 Å². The molecular weight excluding hydrogens is 391 g/mol. The van der Waals surface area contributed by atoms with Crippen LogP contribution in [0.25, 0.3) is 0 Å².